The van der Waals surface area contributed by atoms with E-state index in [9.17, 15) is 5.11 Å². The molecule has 4 nitrogen and oxygen atoms in total. The summed E-state index contributed by atoms with van der Waals surface area (Å²) < 4.78 is 2.08. The highest BCUT2D eigenvalue weighted by Gasteiger charge is 2.29. The molecule has 2 heterocycles. The molecule has 1 saturated heterocycles. The fourth-order valence-corrected chi connectivity index (χ4v) is 3.70. The summed E-state index contributed by atoms with van der Waals surface area (Å²) in [4.78, 5) is 2.45. The van der Waals surface area contributed by atoms with Crippen LogP contribution in [0.4, 0.5) is 0 Å². The number of aliphatic hydroxyl groups is 1. The molecule has 1 fully saturated rings. The van der Waals surface area contributed by atoms with Crippen molar-refractivity contribution < 1.29 is 5.11 Å². The van der Waals surface area contributed by atoms with Gasteiger partial charge in [-0.1, -0.05) is 51.1 Å². The van der Waals surface area contributed by atoms with Crippen LogP contribution in [0, 0.1) is 5.92 Å². The molecule has 1 aromatic heterocycles. The second kappa shape index (κ2) is 7.30. The fraction of sp³-hybridized carbons (Fsp3) is 0.571. The molecule has 136 valence electrons. The van der Waals surface area contributed by atoms with Crippen molar-refractivity contribution in [3.8, 4) is 0 Å². The minimum atomic E-state index is -0.215. The number of aromatic nitrogens is 2. The minimum Gasteiger partial charge on any atom is -0.393 e. The molecule has 1 aliphatic rings. The van der Waals surface area contributed by atoms with E-state index in [1.165, 1.54) is 16.8 Å². The number of rotatable bonds is 5. The van der Waals surface area contributed by atoms with E-state index in [-0.39, 0.29) is 11.5 Å². The molecule has 1 aromatic carbocycles. The van der Waals surface area contributed by atoms with Gasteiger partial charge in [0.05, 0.1) is 18.3 Å². The number of benzene rings is 1. The van der Waals surface area contributed by atoms with Crippen LogP contribution in [0.3, 0.4) is 0 Å². The first-order chi connectivity index (χ1) is 11.8. The Hall–Kier alpha value is -1.65. The molecule has 25 heavy (non-hydrogen) atoms. The summed E-state index contributed by atoms with van der Waals surface area (Å²) in [5.41, 5.74) is 3.80. The first kappa shape index (κ1) is 18.2. The maximum atomic E-state index is 9.84. The highest BCUT2D eigenvalue weighted by Crippen LogP contribution is 2.28. The average molecular weight is 341 g/mol. The molecule has 2 aromatic rings. The van der Waals surface area contributed by atoms with Gasteiger partial charge in [0.1, 0.15) is 0 Å². The number of hydrogen-bond donors (Lipinski definition) is 1. The van der Waals surface area contributed by atoms with E-state index in [1.807, 2.05) is 13.0 Å². The Balaban J connectivity index is 1.78. The summed E-state index contributed by atoms with van der Waals surface area (Å²) in [5.74, 6) is 0.400. The van der Waals surface area contributed by atoms with E-state index < -0.39 is 0 Å². The Morgan fingerprint density at radius 2 is 1.92 bits per heavy atom. The molecule has 2 unspecified atom stereocenters. The van der Waals surface area contributed by atoms with Crippen LogP contribution in [0.2, 0.25) is 0 Å². The van der Waals surface area contributed by atoms with Gasteiger partial charge in [0.25, 0.3) is 0 Å². The van der Waals surface area contributed by atoms with Gasteiger partial charge >= 0.3 is 0 Å². The van der Waals surface area contributed by atoms with Crippen molar-refractivity contribution in [2.24, 2.45) is 5.92 Å². The summed E-state index contributed by atoms with van der Waals surface area (Å²) >= 11 is 0. The van der Waals surface area contributed by atoms with Gasteiger partial charge in [0.15, 0.2) is 0 Å². The number of hydrogen-bond acceptors (Lipinski definition) is 3. The Kier molecular flexibility index (Phi) is 5.30. The van der Waals surface area contributed by atoms with Crippen LogP contribution in [0.5, 0.6) is 0 Å². The fourth-order valence-electron chi connectivity index (χ4n) is 3.70. The van der Waals surface area contributed by atoms with Gasteiger partial charge in [0, 0.05) is 30.3 Å². The van der Waals surface area contributed by atoms with E-state index in [0.717, 1.165) is 32.6 Å². The van der Waals surface area contributed by atoms with Gasteiger partial charge in [-0.3, -0.25) is 9.58 Å². The van der Waals surface area contributed by atoms with Gasteiger partial charge in [-0.25, -0.2) is 0 Å². The van der Waals surface area contributed by atoms with Crippen molar-refractivity contribution in [3.63, 3.8) is 0 Å². The Morgan fingerprint density at radius 3 is 2.52 bits per heavy atom. The monoisotopic (exact) mass is 341 g/mol. The third kappa shape index (κ3) is 4.50. The number of nitrogens with zero attached hydrogens (tertiary/aromatic N) is 3. The molecular weight excluding hydrogens is 310 g/mol. The lowest BCUT2D eigenvalue weighted by atomic mass is 9.89. The topological polar surface area (TPSA) is 41.3 Å². The molecule has 1 N–H and O–H groups in total. The Bertz CT molecular complexity index is 685. The SMILES string of the molecule is CC(O)C1CCN(Cc2cn(Cc3ccccc3)nc2C(C)(C)C)C1. The van der Waals surface area contributed by atoms with Crippen molar-refractivity contribution in [2.45, 2.75) is 58.7 Å². The largest absolute Gasteiger partial charge is 0.393 e. The standard InChI is InChI=1S/C21H31N3O/c1-16(25)18-10-11-23(13-18)14-19-15-24(22-20(19)21(2,3)4)12-17-8-6-5-7-9-17/h5-9,15-16,18,25H,10-14H2,1-4H3. The number of aliphatic hydroxyl groups excluding tert-OH is 1. The van der Waals surface area contributed by atoms with Crippen LogP contribution in [0.1, 0.15) is 50.9 Å². The Morgan fingerprint density at radius 1 is 1.20 bits per heavy atom. The molecule has 0 radical (unpaired) electrons. The maximum absolute atomic E-state index is 9.84. The predicted molar refractivity (Wildman–Crippen MR) is 102 cm³/mol. The quantitative estimate of drug-likeness (QED) is 0.906. The molecule has 3 rings (SSSR count). The van der Waals surface area contributed by atoms with Gasteiger partial charge < -0.3 is 5.11 Å². The zero-order valence-electron chi connectivity index (χ0n) is 15.9. The molecule has 0 amide bonds. The van der Waals surface area contributed by atoms with Gasteiger partial charge in [-0.05, 0) is 31.4 Å². The van der Waals surface area contributed by atoms with Gasteiger partial charge in [-0.2, -0.15) is 5.10 Å². The van der Waals surface area contributed by atoms with Crippen LogP contribution >= 0.6 is 0 Å². The van der Waals surface area contributed by atoms with Crippen molar-refractivity contribution in [3.05, 3.63) is 53.3 Å². The predicted octanol–water partition coefficient (Wildman–Crippen LogP) is 3.43. The molecule has 2 atom stereocenters. The molecule has 0 saturated carbocycles. The highest BCUT2D eigenvalue weighted by molar-refractivity contribution is 5.25. The van der Waals surface area contributed by atoms with E-state index in [0.29, 0.717) is 5.92 Å². The zero-order chi connectivity index (χ0) is 18.0. The van der Waals surface area contributed by atoms with Gasteiger partial charge in [-0.15, -0.1) is 0 Å². The normalized spacial score (nSPS) is 20.1. The summed E-state index contributed by atoms with van der Waals surface area (Å²) in [6.45, 7) is 12.4. The summed E-state index contributed by atoms with van der Waals surface area (Å²) in [6, 6.07) is 10.5. The average Bonchev–Trinajstić information content (AvgIpc) is 3.15. The van der Waals surface area contributed by atoms with Crippen molar-refractivity contribution in [1.82, 2.24) is 14.7 Å². The lowest BCUT2D eigenvalue weighted by Crippen LogP contribution is -2.25. The second-order valence-corrected chi connectivity index (χ2v) is 8.46. The Labute approximate surface area is 151 Å². The van der Waals surface area contributed by atoms with E-state index in [1.54, 1.807) is 0 Å². The van der Waals surface area contributed by atoms with Crippen molar-refractivity contribution in [1.29, 1.82) is 0 Å². The van der Waals surface area contributed by atoms with Crippen LogP contribution in [0.25, 0.3) is 0 Å². The smallest absolute Gasteiger partial charge is 0.0723 e. The lowest BCUT2D eigenvalue weighted by molar-refractivity contribution is 0.127. The first-order valence-electron chi connectivity index (χ1n) is 9.34. The van der Waals surface area contributed by atoms with Crippen molar-refractivity contribution >= 4 is 0 Å². The van der Waals surface area contributed by atoms with Crippen LogP contribution < -0.4 is 0 Å². The molecule has 0 aliphatic carbocycles. The van der Waals surface area contributed by atoms with Gasteiger partial charge in [0.2, 0.25) is 0 Å². The number of likely N-dealkylation sites (tertiary alicyclic amines) is 1. The van der Waals surface area contributed by atoms with E-state index >= 15 is 0 Å². The molecule has 1 aliphatic heterocycles. The van der Waals surface area contributed by atoms with Crippen molar-refractivity contribution in [2.75, 3.05) is 13.1 Å². The minimum absolute atomic E-state index is 0.0284. The molecular formula is C21H31N3O. The van der Waals surface area contributed by atoms with Crippen LogP contribution in [0.15, 0.2) is 36.5 Å². The van der Waals surface area contributed by atoms with Crippen LogP contribution in [-0.2, 0) is 18.5 Å². The zero-order valence-corrected chi connectivity index (χ0v) is 15.9. The summed E-state index contributed by atoms with van der Waals surface area (Å²) in [5, 5.41) is 14.8. The summed E-state index contributed by atoms with van der Waals surface area (Å²) in [6.07, 6.45) is 3.08. The first-order valence-corrected chi connectivity index (χ1v) is 9.34. The third-order valence-electron chi connectivity index (χ3n) is 5.12. The summed E-state index contributed by atoms with van der Waals surface area (Å²) in [7, 11) is 0. The van der Waals surface area contributed by atoms with E-state index in [2.05, 4.69) is 60.8 Å². The highest BCUT2D eigenvalue weighted by atomic mass is 16.3. The van der Waals surface area contributed by atoms with Crippen LogP contribution in [-0.4, -0.2) is 39.0 Å². The third-order valence-corrected chi connectivity index (χ3v) is 5.12. The second-order valence-electron chi connectivity index (χ2n) is 8.46. The molecule has 0 bridgehead atoms. The molecule has 0 spiro atoms. The maximum Gasteiger partial charge on any atom is 0.0723 e. The van der Waals surface area contributed by atoms with E-state index in [4.69, 9.17) is 5.10 Å². The lowest BCUT2D eigenvalue weighted by Gasteiger charge is -2.21. The molecule has 4 heteroatoms.